The Morgan fingerprint density at radius 2 is 2.05 bits per heavy atom. The van der Waals surface area contributed by atoms with Crippen LogP contribution in [-0.2, 0) is 17.6 Å². The van der Waals surface area contributed by atoms with E-state index in [0.29, 0.717) is 16.5 Å². The van der Waals surface area contributed by atoms with Crippen LogP contribution in [-0.4, -0.2) is 18.1 Å². The molecule has 1 aromatic heterocycles. The first-order valence-electron chi connectivity index (χ1n) is 6.47. The summed E-state index contributed by atoms with van der Waals surface area (Å²) in [6.07, 6.45) is 3.83. The molecule has 0 aliphatic heterocycles. The van der Waals surface area contributed by atoms with Gasteiger partial charge in [-0.1, -0.05) is 6.07 Å². The highest BCUT2D eigenvalue weighted by Crippen LogP contribution is 2.22. The van der Waals surface area contributed by atoms with Crippen molar-refractivity contribution in [2.75, 3.05) is 7.11 Å². The normalized spacial score (nSPS) is 14.2. The van der Waals surface area contributed by atoms with Crippen LogP contribution in [0.25, 0.3) is 10.9 Å². The van der Waals surface area contributed by atoms with Crippen LogP contribution in [0.5, 0.6) is 0 Å². The number of aryl methyl sites for hydroxylation is 1. The van der Waals surface area contributed by atoms with Gasteiger partial charge in [-0.2, -0.15) is 0 Å². The lowest BCUT2D eigenvalue weighted by molar-refractivity contribution is 0.0603. The molecule has 1 heterocycles. The molecule has 0 fully saturated rings. The summed E-state index contributed by atoms with van der Waals surface area (Å²) in [5.41, 5.74) is 2.88. The molecule has 0 spiro atoms. The van der Waals surface area contributed by atoms with Gasteiger partial charge in [-0.15, -0.1) is 0 Å². The molecule has 19 heavy (non-hydrogen) atoms. The highest BCUT2D eigenvalue weighted by atomic mass is 16.5. The summed E-state index contributed by atoms with van der Waals surface area (Å²) in [7, 11) is 1.33. The van der Waals surface area contributed by atoms with E-state index in [1.54, 1.807) is 12.1 Å². The molecule has 0 unspecified atom stereocenters. The number of aromatic nitrogens is 1. The van der Waals surface area contributed by atoms with E-state index in [0.717, 1.165) is 36.9 Å². The maximum absolute atomic E-state index is 12.6. The number of fused-ring (bicyclic) bond motifs is 2. The molecular formula is C15H15NO3. The van der Waals surface area contributed by atoms with Crippen LogP contribution in [0.2, 0.25) is 0 Å². The number of benzene rings is 1. The lowest BCUT2D eigenvalue weighted by atomic mass is 9.93. The van der Waals surface area contributed by atoms with E-state index in [9.17, 15) is 9.59 Å². The number of hydrogen-bond donors (Lipinski definition) is 1. The van der Waals surface area contributed by atoms with Crippen molar-refractivity contribution in [3.8, 4) is 0 Å². The molecule has 4 nitrogen and oxygen atoms in total. The van der Waals surface area contributed by atoms with Crippen molar-refractivity contribution >= 4 is 16.9 Å². The number of carbonyl (C=O) groups excluding carboxylic acids is 1. The molecule has 2 aromatic rings. The number of nitrogens with one attached hydrogen (secondary N) is 1. The van der Waals surface area contributed by atoms with Crippen LogP contribution in [0.15, 0.2) is 23.0 Å². The molecule has 1 aromatic carbocycles. The van der Waals surface area contributed by atoms with E-state index in [2.05, 4.69) is 4.98 Å². The quantitative estimate of drug-likeness (QED) is 0.797. The Morgan fingerprint density at radius 1 is 1.26 bits per heavy atom. The maximum Gasteiger partial charge on any atom is 0.338 e. The second-order valence-electron chi connectivity index (χ2n) is 4.84. The molecule has 0 bridgehead atoms. The summed E-state index contributed by atoms with van der Waals surface area (Å²) in [6, 6.07) is 5.23. The first-order chi connectivity index (χ1) is 9.22. The van der Waals surface area contributed by atoms with Gasteiger partial charge in [-0.25, -0.2) is 4.79 Å². The minimum Gasteiger partial charge on any atom is -0.465 e. The minimum atomic E-state index is -0.466. The van der Waals surface area contributed by atoms with Gasteiger partial charge in [0.25, 0.3) is 0 Å². The third-order valence-corrected chi connectivity index (χ3v) is 3.72. The van der Waals surface area contributed by atoms with Gasteiger partial charge < -0.3 is 9.72 Å². The predicted octanol–water partition coefficient (Wildman–Crippen LogP) is 2.19. The fourth-order valence-corrected chi connectivity index (χ4v) is 2.79. The summed E-state index contributed by atoms with van der Waals surface area (Å²) >= 11 is 0. The van der Waals surface area contributed by atoms with Gasteiger partial charge in [0.05, 0.1) is 23.6 Å². The first kappa shape index (κ1) is 12.0. The number of esters is 1. The molecular weight excluding hydrogens is 242 g/mol. The van der Waals surface area contributed by atoms with Crippen LogP contribution in [0.1, 0.15) is 34.5 Å². The monoisotopic (exact) mass is 257 g/mol. The minimum absolute atomic E-state index is 0.0237. The van der Waals surface area contributed by atoms with Gasteiger partial charge in [0.15, 0.2) is 5.43 Å². The van der Waals surface area contributed by atoms with E-state index >= 15 is 0 Å². The maximum atomic E-state index is 12.6. The van der Waals surface area contributed by atoms with Crippen molar-refractivity contribution in [2.24, 2.45) is 0 Å². The Morgan fingerprint density at radius 3 is 2.84 bits per heavy atom. The zero-order valence-electron chi connectivity index (χ0n) is 10.8. The zero-order chi connectivity index (χ0) is 13.4. The largest absolute Gasteiger partial charge is 0.465 e. The van der Waals surface area contributed by atoms with Crippen molar-refractivity contribution in [3.63, 3.8) is 0 Å². The Hall–Kier alpha value is -2.10. The fourth-order valence-electron chi connectivity index (χ4n) is 2.79. The van der Waals surface area contributed by atoms with E-state index in [1.165, 1.54) is 7.11 Å². The molecule has 3 rings (SSSR count). The van der Waals surface area contributed by atoms with Crippen LogP contribution < -0.4 is 5.43 Å². The summed E-state index contributed by atoms with van der Waals surface area (Å²) < 4.78 is 4.75. The lowest BCUT2D eigenvalue weighted by Crippen LogP contribution is -2.20. The zero-order valence-corrected chi connectivity index (χ0v) is 10.8. The molecule has 0 atom stereocenters. The fraction of sp³-hybridized carbons (Fsp3) is 0.333. The topological polar surface area (TPSA) is 59.2 Å². The number of hydrogen-bond acceptors (Lipinski definition) is 3. The Bertz CT molecular complexity index is 715. The van der Waals surface area contributed by atoms with Gasteiger partial charge in [0, 0.05) is 11.3 Å². The van der Waals surface area contributed by atoms with Crippen molar-refractivity contribution in [1.82, 2.24) is 4.98 Å². The summed E-state index contributed by atoms with van der Waals surface area (Å²) in [5.74, 6) is -0.466. The standard InChI is InChI=1S/C15H15NO3/c1-19-15(18)10-6-4-8-12-13(10)14(17)9-5-2-3-7-11(9)16-12/h4,6,8H,2-3,5,7H2,1H3,(H,16,17). The van der Waals surface area contributed by atoms with E-state index in [1.807, 2.05) is 6.07 Å². The average Bonchev–Trinajstić information content (AvgIpc) is 2.46. The van der Waals surface area contributed by atoms with Crippen LogP contribution >= 0.6 is 0 Å². The summed E-state index contributed by atoms with van der Waals surface area (Å²) in [5, 5.41) is 0.454. The van der Waals surface area contributed by atoms with Gasteiger partial charge in [-0.05, 0) is 37.8 Å². The van der Waals surface area contributed by atoms with E-state index < -0.39 is 5.97 Å². The average molecular weight is 257 g/mol. The van der Waals surface area contributed by atoms with Crippen LogP contribution in [0.3, 0.4) is 0 Å². The molecule has 4 heteroatoms. The SMILES string of the molecule is COC(=O)c1cccc2[nH]c3c(c(=O)c12)CCCC3. The van der Waals surface area contributed by atoms with Gasteiger partial charge >= 0.3 is 5.97 Å². The Labute approximate surface area is 110 Å². The van der Waals surface area contributed by atoms with Crippen LogP contribution in [0.4, 0.5) is 0 Å². The second-order valence-corrected chi connectivity index (χ2v) is 4.84. The second kappa shape index (κ2) is 4.53. The number of rotatable bonds is 1. The Balaban J connectivity index is 2.37. The van der Waals surface area contributed by atoms with Gasteiger partial charge in [0.2, 0.25) is 0 Å². The summed E-state index contributed by atoms with van der Waals surface area (Å²) in [6.45, 7) is 0. The Kier molecular flexibility index (Phi) is 2.85. The number of H-pyrrole nitrogens is 1. The van der Waals surface area contributed by atoms with Gasteiger partial charge in [-0.3, -0.25) is 4.79 Å². The number of methoxy groups -OCH3 is 1. The molecule has 0 radical (unpaired) electrons. The molecule has 1 aliphatic carbocycles. The molecule has 0 saturated heterocycles. The molecule has 1 N–H and O–H groups in total. The summed E-state index contributed by atoms with van der Waals surface area (Å²) in [4.78, 5) is 27.7. The third kappa shape index (κ3) is 1.84. The highest BCUT2D eigenvalue weighted by molar-refractivity contribution is 6.03. The van der Waals surface area contributed by atoms with Crippen LogP contribution in [0, 0.1) is 0 Å². The molecule has 98 valence electrons. The first-order valence-corrected chi connectivity index (χ1v) is 6.47. The third-order valence-electron chi connectivity index (χ3n) is 3.72. The predicted molar refractivity (Wildman–Crippen MR) is 72.6 cm³/mol. The molecule has 0 amide bonds. The molecule has 1 aliphatic rings. The number of aromatic amines is 1. The van der Waals surface area contributed by atoms with Crippen molar-refractivity contribution in [2.45, 2.75) is 25.7 Å². The smallest absolute Gasteiger partial charge is 0.338 e. The van der Waals surface area contributed by atoms with Crippen molar-refractivity contribution in [1.29, 1.82) is 0 Å². The number of pyridine rings is 1. The van der Waals surface area contributed by atoms with Crippen molar-refractivity contribution in [3.05, 3.63) is 45.2 Å². The lowest BCUT2D eigenvalue weighted by Gasteiger charge is -2.16. The van der Waals surface area contributed by atoms with E-state index in [-0.39, 0.29) is 5.43 Å². The number of carbonyl (C=O) groups is 1. The highest BCUT2D eigenvalue weighted by Gasteiger charge is 2.19. The van der Waals surface area contributed by atoms with Crippen molar-refractivity contribution < 1.29 is 9.53 Å². The van der Waals surface area contributed by atoms with E-state index in [4.69, 9.17) is 4.74 Å². The number of ether oxygens (including phenoxy) is 1. The van der Waals surface area contributed by atoms with Gasteiger partial charge in [0.1, 0.15) is 0 Å². The molecule has 0 saturated carbocycles.